The second-order valence-corrected chi connectivity index (χ2v) is 11.3. The molecule has 11 nitrogen and oxygen atoms in total. The molecule has 1 aromatic rings. The Labute approximate surface area is 270 Å². The van der Waals surface area contributed by atoms with Crippen LogP contribution >= 0.6 is 0 Å². The fourth-order valence-corrected chi connectivity index (χ4v) is 5.89. The Morgan fingerprint density at radius 1 is 0.889 bits per heavy atom. The van der Waals surface area contributed by atoms with E-state index < -0.39 is 11.4 Å². The van der Waals surface area contributed by atoms with Gasteiger partial charge in [-0.05, 0) is 56.8 Å². The Hall–Kier alpha value is -3.34. The molecule has 11 heteroatoms. The van der Waals surface area contributed by atoms with Gasteiger partial charge in [0, 0.05) is 6.54 Å². The van der Waals surface area contributed by atoms with E-state index in [1.807, 2.05) is 13.8 Å². The van der Waals surface area contributed by atoms with Gasteiger partial charge in [-0.1, -0.05) is 65.2 Å². The van der Waals surface area contributed by atoms with Gasteiger partial charge in [0.05, 0.1) is 45.9 Å². The highest BCUT2D eigenvalue weighted by atomic mass is 16.5. The molecule has 1 atom stereocenters. The molecule has 1 aliphatic heterocycles. The molecular weight excluding hydrogens is 576 g/mol. The van der Waals surface area contributed by atoms with Crippen molar-refractivity contribution in [2.75, 3.05) is 41.5 Å². The molecule has 0 spiro atoms. The van der Waals surface area contributed by atoms with Gasteiger partial charge in [-0.15, -0.1) is 0 Å². The van der Waals surface area contributed by atoms with Crippen molar-refractivity contribution in [3.8, 4) is 17.2 Å². The summed E-state index contributed by atoms with van der Waals surface area (Å²) in [5.41, 5.74) is 5.24. The zero-order valence-corrected chi connectivity index (χ0v) is 28.5. The maximum Gasteiger partial charge on any atom is 0.240 e. The average molecular weight is 635 g/mol. The number of carbonyl (C=O) groups excluding carboxylic acids is 4. The molecule has 0 radical (unpaired) electrons. The summed E-state index contributed by atoms with van der Waals surface area (Å²) in [6.07, 6.45) is 16.5. The molecule has 0 bridgehead atoms. The number of nitrogens with two attached hydrogens (primary N) is 1. The Balaban J connectivity index is 0.000000387. The molecule has 2 saturated carbocycles. The number of rotatable bonds is 10. The summed E-state index contributed by atoms with van der Waals surface area (Å²) in [6, 6.07) is 3.22. The molecule has 3 aliphatic rings. The number of carbonyl (C=O) groups is 4. The van der Waals surface area contributed by atoms with E-state index in [1.165, 1.54) is 59.9 Å². The zero-order chi connectivity index (χ0) is 33.7. The lowest BCUT2D eigenvalue weighted by Crippen LogP contribution is -2.55. The first-order valence-corrected chi connectivity index (χ1v) is 16.5. The van der Waals surface area contributed by atoms with Crippen LogP contribution in [0.1, 0.15) is 103 Å². The van der Waals surface area contributed by atoms with Crippen LogP contribution in [0.4, 0.5) is 0 Å². The number of ether oxygens (including phenoxy) is 3. The molecule has 1 aromatic carbocycles. The highest BCUT2D eigenvalue weighted by Gasteiger charge is 2.39. The molecule has 3 amide bonds. The molecule has 1 heterocycles. The molecule has 1 saturated heterocycles. The van der Waals surface area contributed by atoms with Gasteiger partial charge in [-0.2, -0.15) is 0 Å². The van der Waals surface area contributed by atoms with Gasteiger partial charge < -0.3 is 40.3 Å². The van der Waals surface area contributed by atoms with Crippen molar-refractivity contribution in [2.45, 2.75) is 115 Å². The topological polar surface area (TPSA) is 149 Å². The predicted octanol–water partition coefficient (Wildman–Crippen LogP) is 4.32. The molecule has 0 aromatic heterocycles. The molecule has 1 unspecified atom stereocenters. The van der Waals surface area contributed by atoms with Gasteiger partial charge >= 0.3 is 0 Å². The van der Waals surface area contributed by atoms with E-state index in [1.54, 1.807) is 24.1 Å². The van der Waals surface area contributed by atoms with Crippen LogP contribution in [0.5, 0.6) is 17.2 Å². The zero-order valence-electron chi connectivity index (χ0n) is 28.5. The number of likely N-dealkylation sites (N-methyl/N-ethyl adjacent to an activating group) is 1. The predicted molar refractivity (Wildman–Crippen MR) is 177 cm³/mol. The highest BCUT2D eigenvalue weighted by Crippen LogP contribution is 2.38. The first-order chi connectivity index (χ1) is 21.7. The summed E-state index contributed by atoms with van der Waals surface area (Å²) >= 11 is 0. The summed E-state index contributed by atoms with van der Waals surface area (Å²) in [5, 5.41) is 5.58. The summed E-state index contributed by atoms with van der Waals surface area (Å²) < 4.78 is 15.9. The van der Waals surface area contributed by atoms with Crippen molar-refractivity contribution in [2.24, 2.45) is 5.73 Å². The minimum atomic E-state index is -0.511. The first kappa shape index (κ1) is 39.7. The van der Waals surface area contributed by atoms with Crippen LogP contribution in [0, 0.1) is 0 Å². The van der Waals surface area contributed by atoms with Crippen molar-refractivity contribution in [3.05, 3.63) is 17.7 Å². The van der Waals surface area contributed by atoms with E-state index in [-0.39, 0.29) is 30.8 Å². The number of aldehydes is 1. The van der Waals surface area contributed by atoms with E-state index >= 15 is 0 Å². The Bertz CT molecular complexity index is 1000. The highest BCUT2D eigenvalue weighted by molar-refractivity contribution is 5.90. The summed E-state index contributed by atoms with van der Waals surface area (Å²) in [6.45, 7) is 4.55. The van der Waals surface area contributed by atoms with Crippen LogP contribution in [0.3, 0.4) is 0 Å². The SMILES string of the molecule is C1CCCCC1.CC.CNC1(C(=O)NCC(N)=O)CCCC1.COc1cc(CC(=O)N2CCCCC2C=O)cc(OC)c1OC. The molecule has 4 N–H and O–H groups in total. The summed E-state index contributed by atoms with van der Waals surface area (Å²) in [7, 11) is 6.38. The van der Waals surface area contributed by atoms with Gasteiger partial charge in [0.2, 0.25) is 23.5 Å². The third kappa shape index (κ3) is 12.9. The first-order valence-electron chi connectivity index (χ1n) is 16.5. The molecule has 4 rings (SSSR count). The van der Waals surface area contributed by atoms with Crippen LogP contribution in [-0.4, -0.2) is 82.0 Å². The third-order valence-corrected chi connectivity index (χ3v) is 8.40. The second kappa shape index (κ2) is 22.2. The Kier molecular flexibility index (Phi) is 19.6. The van der Waals surface area contributed by atoms with Gasteiger partial charge in [0.25, 0.3) is 0 Å². The largest absolute Gasteiger partial charge is 0.493 e. The quantitative estimate of drug-likeness (QED) is 0.322. The van der Waals surface area contributed by atoms with Gasteiger partial charge in [0.15, 0.2) is 11.5 Å². The number of hydrogen-bond donors (Lipinski definition) is 3. The second-order valence-electron chi connectivity index (χ2n) is 11.3. The van der Waals surface area contributed by atoms with Crippen molar-refractivity contribution in [1.82, 2.24) is 15.5 Å². The van der Waals surface area contributed by atoms with Crippen LogP contribution in [-0.2, 0) is 25.6 Å². The van der Waals surface area contributed by atoms with Gasteiger partial charge in [-0.25, -0.2) is 0 Å². The fraction of sp³-hybridized carbons (Fsp3) is 0.706. The van der Waals surface area contributed by atoms with Crippen molar-refractivity contribution >= 4 is 24.0 Å². The van der Waals surface area contributed by atoms with E-state index in [9.17, 15) is 19.2 Å². The van der Waals surface area contributed by atoms with Gasteiger partial charge in [-0.3, -0.25) is 14.4 Å². The van der Waals surface area contributed by atoms with Crippen LogP contribution in [0.25, 0.3) is 0 Å². The third-order valence-electron chi connectivity index (χ3n) is 8.40. The number of piperidine rings is 1. The molecule has 3 fully saturated rings. The maximum absolute atomic E-state index is 12.5. The normalized spacial score (nSPS) is 18.3. The lowest BCUT2D eigenvalue weighted by molar-refractivity contribution is -0.137. The van der Waals surface area contributed by atoms with E-state index in [2.05, 4.69) is 10.6 Å². The lowest BCUT2D eigenvalue weighted by atomic mass is 9.97. The van der Waals surface area contributed by atoms with Gasteiger partial charge in [0.1, 0.15) is 6.29 Å². The molecule has 256 valence electrons. The Morgan fingerprint density at radius 3 is 1.84 bits per heavy atom. The monoisotopic (exact) mass is 634 g/mol. The van der Waals surface area contributed by atoms with E-state index in [0.717, 1.165) is 56.8 Å². The number of nitrogens with zero attached hydrogens (tertiary/aromatic N) is 1. The lowest BCUT2D eigenvalue weighted by Gasteiger charge is -2.32. The standard InChI is InChI=1S/C17H23NO5.C9H17N3O2.C6H12.C2H6/c1-21-14-8-12(9-15(22-2)17(14)23-3)10-16(20)18-7-5-4-6-13(18)11-19;1-11-9(4-2-3-5-9)8(14)12-6-7(10)13;1-2-4-6-5-3-1;1-2/h8-9,11,13H,4-7,10H2,1-3H3;11H,2-6H2,1H3,(H2,10,13)(H,12,14);1-6H2;1-2H3. The van der Waals surface area contributed by atoms with Crippen LogP contribution in [0.15, 0.2) is 12.1 Å². The number of primary amides is 1. The molecule has 2 aliphatic carbocycles. The number of amides is 3. The number of benzene rings is 1. The number of likely N-dealkylation sites (tertiary alicyclic amines) is 1. The summed E-state index contributed by atoms with van der Waals surface area (Å²) in [4.78, 5) is 47.6. The van der Waals surface area contributed by atoms with Crippen molar-refractivity contribution < 1.29 is 33.4 Å². The summed E-state index contributed by atoms with van der Waals surface area (Å²) in [5.74, 6) is 0.838. The number of methoxy groups -OCH3 is 3. The number of hydrogen-bond acceptors (Lipinski definition) is 8. The maximum atomic E-state index is 12.5. The van der Waals surface area contributed by atoms with Crippen LogP contribution in [0.2, 0.25) is 0 Å². The molecule has 45 heavy (non-hydrogen) atoms. The Morgan fingerprint density at radius 2 is 1.42 bits per heavy atom. The van der Waals surface area contributed by atoms with Crippen molar-refractivity contribution in [3.63, 3.8) is 0 Å². The smallest absolute Gasteiger partial charge is 0.240 e. The fourth-order valence-electron chi connectivity index (χ4n) is 5.89. The average Bonchev–Trinajstić information content (AvgIpc) is 3.59. The van der Waals surface area contributed by atoms with Crippen molar-refractivity contribution in [1.29, 1.82) is 0 Å². The van der Waals surface area contributed by atoms with E-state index in [4.69, 9.17) is 19.9 Å². The van der Waals surface area contributed by atoms with Crippen LogP contribution < -0.4 is 30.6 Å². The molecular formula is C34H58N4O7. The minimum absolute atomic E-state index is 0.0592. The number of nitrogens with one attached hydrogen (secondary N) is 2. The van der Waals surface area contributed by atoms with E-state index in [0.29, 0.717) is 23.8 Å². The minimum Gasteiger partial charge on any atom is -0.493 e.